The third kappa shape index (κ3) is 3.68. The molecule has 2 atom stereocenters. The van der Waals surface area contributed by atoms with E-state index in [0.29, 0.717) is 0 Å². The fourth-order valence-electron chi connectivity index (χ4n) is 0.472. The van der Waals surface area contributed by atoms with Crippen molar-refractivity contribution in [2.45, 2.75) is 17.8 Å². The third-order valence-corrected chi connectivity index (χ3v) is 1.57. The maximum absolute atomic E-state index is 10.9. The normalized spacial score (nSPS) is 14.9. The molecule has 0 spiro atoms. The fraction of sp³-hybridized carbons (Fsp3) is 0.667. The lowest BCUT2D eigenvalue weighted by Gasteiger charge is -2.12. The molecule has 0 saturated heterocycles. The van der Waals surface area contributed by atoms with E-state index >= 15 is 0 Å². The van der Waals surface area contributed by atoms with E-state index in [1.54, 1.807) is 6.92 Å². The Bertz CT molecular complexity index is 182. The minimum atomic E-state index is -1.25. The molecule has 0 unspecified atom stereocenters. The average Bonchev–Trinajstić information content (AvgIpc) is 1.98. The second kappa shape index (κ2) is 5.10. The molecule has 0 aliphatic rings. The van der Waals surface area contributed by atoms with Crippen molar-refractivity contribution in [3.8, 4) is 0 Å². The van der Waals surface area contributed by atoms with Gasteiger partial charge in [-0.15, -0.1) is 0 Å². The number of aliphatic carboxylic acids is 1. The Kier molecular flexibility index (Phi) is 4.84. The van der Waals surface area contributed by atoms with Crippen LogP contribution in [-0.2, 0) is 9.59 Å². The Balaban J connectivity index is 4.03. The predicted octanol–water partition coefficient (Wildman–Crippen LogP) is -0.669. The average molecular weight is 240 g/mol. The van der Waals surface area contributed by atoms with E-state index in [4.69, 9.17) is 10.2 Å². The van der Waals surface area contributed by atoms with E-state index in [0.717, 1.165) is 0 Å². The maximum atomic E-state index is 10.9. The molecule has 0 bridgehead atoms. The first-order chi connectivity index (χ1) is 5.49. The van der Waals surface area contributed by atoms with E-state index in [-0.39, 0.29) is 0 Å². The van der Waals surface area contributed by atoms with Gasteiger partial charge in [0, 0.05) is 0 Å². The van der Waals surface area contributed by atoms with E-state index in [1.165, 1.54) is 0 Å². The van der Waals surface area contributed by atoms with Crippen molar-refractivity contribution < 1.29 is 19.8 Å². The summed E-state index contributed by atoms with van der Waals surface area (Å²) in [7, 11) is 0. The number of nitrogens with one attached hydrogen (secondary N) is 1. The molecule has 70 valence electrons. The SMILES string of the molecule is C[C@H](Br)C(=O)N[C@@H](CO)C(=O)O. The predicted molar refractivity (Wildman–Crippen MR) is 45.0 cm³/mol. The number of alkyl halides is 1. The second-order valence-corrected chi connectivity index (χ2v) is 3.57. The van der Waals surface area contributed by atoms with Gasteiger partial charge in [0.2, 0.25) is 5.91 Å². The van der Waals surface area contributed by atoms with Gasteiger partial charge in [-0.25, -0.2) is 4.79 Å². The lowest BCUT2D eigenvalue weighted by atomic mass is 10.3. The van der Waals surface area contributed by atoms with Crippen LogP contribution in [0.4, 0.5) is 0 Å². The highest BCUT2D eigenvalue weighted by Crippen LogP contribution is 1.97. The van der Waals surface area contributed by atoms with Crippen LogP contribution in [0.5, 0.6) is 0 Å². The quantitative estimate of drug-likeness (QED) is 0.569. The Labute approximate surface area is 77.9 Å². The van der Waals surface area contributed by atoms with Gasteiger partial charge in [-0.1, -0.05) is 15.9 Å². The largest absolute Gasteiger partial charge is 0.480 e. The van der Waals surface area contributed by atoms with Gasteiger partial charge < -0.3 is 15.5 Å². The molecule has 0 saturated carbocycles. The molecule has 0 fully saturated rings. The molecule has 5 nitrogen and oxygen atoms in total. The summed E-state index contributed by atoms with van der Waals surface area (Å²) in [5.41, 5.74) is 0. The summed E-state index contributed by atoms with van der Waals surface area (Å²) in [5, 5.41) is 19.1. The van der Waals surface area contributed by atoms with Crippen molar-refractivity contribution in [1.29, 1.82) is 0 Å². The van der Waals surface area contributed by atoms with Gasteiger partial charge in [0.05, 0.1) is 11.4 Å². The zero-order valence-electron chi connectivity index (χ0n) is 6.45. The van der Waals surface area contributed by atoms with Crippen LogP contribution in [0, 0.1) is 0 Å². The molecule has 0 radical (unpaired) electrons. The first-order valence-corrected chi connectivity index (χ1v) is 4.18. The lowest BCUT2D eigenvalue weighted by molar-refractivity contribution is -0.142. The Hall–Kier alpha value is -0.620. The minimum absolute atomic E-state index is 0.462. The molecule has 0 aromatic rings. The lowest BCUT2D eigenvalue weighted by Crippen LogP contribution is -2.45. The van der Waals surface area contributed by atoms with Crippen molar-refractivity contribution in [3.05, 3.63) is 0 Å². The van der Waals surface area contributed by atoms with Gasteiger partial charge in [0.15, 0.2) is 0 Å². The molecule has 0 aliphatic heterocycles. The fourth-order valence-corrected chi connectivity index (χ4v) is 0.604. The van der Waals surface area contributed by atoms with Gasteiger partial charge in [-0.3, -0.25) is 4.79 Å². The molecular weight excluding hydrogens is 230 g/mol. The summed E-state index contributed by atoms with van der Waals surface area (Å²) in [6, 6.07) is -1.22. The molecule has 3 N–H and O–H groups in total. The van der Waals surface area contributed by atoms with Crippen LogP contribution < -0.4 is 5.32 Å². The number of carbonyl (C=O) groups is 2. The smallest absolute Gasteiger partial charge is 0.328 e. The van der Waals surface area contributed by atoms with Crippen LogP contribution in [-0.4, -0.2) is 39.6 Å². The van der Waals surface area contributed by atoms with Gasteiger partial charge in [-0.2, -0.15) is 0 Å². The first-order valence-electron chi connectivity index (χ1n) is 3.27. The van der Waals surface area contributed by atoms with Crippen molar-refractivity contribution in [3.63, 3.8) is 0 Å². The summed E-state index contributed by atoms with van der Waals surface area (Å²) in [4.78, 5) is 20.7. The molecule has 0 rings (SSSR count). The number of hydrogen-bond acceptors (Lipinski definition) is 3. The number of aliphatic hydroxyl groups is 1. The van der Waals surface area contributed by atoms with Gasteiger partial charge in [0.1, 0.15) is 6.04 Å². The Morgan fingerprint density at radius 2 is 2.08 bits per heavy atom. The molecule has 1 amide bonds. The Morgan fingerprint density at radius 3 is 2.33 bits per heavy atom. The standard InChI is InChI=1S/C6H10BrNO4/c1-3(7)5(10)8-4(2-9)6(11)12/h3-4,9H,2H2,1H3,(H,8,10)(H,11,12)/t3-,4-/m0/s1. The topological polar surface area (TPSA) is 86.6 Å². The summed E-state index contributed by atoms with van der Waals surface area (Å²) >= 11 is 2.96. The first kappa shape index (κ1) is 11.4. The number of halogens is 1. The van der Waals surface area contributed by atoms with Crippen molar-refractivity contribution in [2.75, 3.05) is 6.61 Å². The van der Waals surface area contributed by atoms with Crippen molar-refractivity contribution >= 4 is 27.8 Å². The van der Waals surface area contributed by atoms with E-state index in [9.17, 15) is 9.59 Å². The highest BCUT2D eigenvalue weighted by Gasteiger charge is 2.20. The zero-order valence-corrected chi connectivity index (χ0v) is 8.04. The maximum Gasteiger partial charge on any atom is 0.328 e. The number of carboxylic acids is 1. The summed E-state index contributed by atoms with van der Waals surface area (Å²) in [6.45, 7) is 0.951. The minimum Gasteiger partial charge on any atom is -0.480 e. The van der Waals surface area contributed by atoms with Gasteiger partial charge in [-0.05, 0) is 6.92 Å². The van der Waals surface area contributed by atoms with E-state index in [2.05, 4.69) is 21.2 Å². The highest BCUT2D eigenvalue weighted by atomic mass is 79.9. The van der Waals surface area contributed by atoms with E-state index < -0.39 is 29.4 Å². The molecule has 6 heteroatoms. The summed E-state index contributed by atoms with van der Waals surface area (Å²) < 4.78 is 0. The van der Waals surface area contributed by atoms with Gasteiger partial charge in [0.25, 0.3) is 0 Å². The van der Waals surface area contributed by atoms with Crippen molar-refractivity contribution in [2.24, 2.45) is 0 Å². The van der Waals surface area contributed by atoms with Crippen LogP contribution in [0.25, 0.3) is 0 Å². The molecule has 0 aromatic heterocycles. The number of amides is 1. The summed E-state index contributed by atoms with van der Waals surface area (Å²) in [6.07, 6.45) is 0. The van der Waals surface area contributed by atoms with Crippen LogP contribution in [0.1, 0.15) is 6.92 Å². The molecule has 0 heterocycles. The number of carboxylic acid groups (broad SMARTS) is 1. The van der Waals surface area contributed by atoms with Crippen LogP contribution in [0.2, 0.25) is 0 Å². The highest BCUT2D eigenvalue weighted by molar-refractivity contribution is 9.10. The molecule has 12 heavy (non-hydrogen) atoms. The van der Waals surface area contributed by atoms with Crippen LogP contribution >= 0.6 is 15.9 Å². The zero-order chi connectivity index (χ0) is 9.72. The molecule has 0 aromatic carbocycles. The number of rotatable bonds is 4. The van der Waals surface area contributed by atoms with Crippen molar-refractivity contribution in [1.82, 2.24) is 5.32 Å². The number of carbonyl (C=O) groups excluding carboxylic acids is 1. The Morgan fingerprint density at radius 1 is 1.58 bits per heavy atom. The number of hydrogen-bond donors (Lipinski definition) is 3. The number of aliphatic hydroxyl groups excluding tert-OH is 1. The molecular formula is C6H10BrNO4. The van der Waals surface area contributed by atoms with Gasteiger partial charge >= 0.3 is 5.97 Å². The third-order valence-electron chi connectivity index (χ3n) is 1.16. The van der Waals surface area contributed by atoms with E-state index in [1.807, 2.05) is 0 Å². The summed E-state index contributed by atoms with van der Waals surface area (Å²) in [5.74, 6) is -1.71. The van der Waals surface area contributed by atoms with Crippen LogP contribution in [0.15, 0.2) is 0 Å². The monoisotopic (exact) mass is 239 g/mol. The second-order valence-electron chi connectivity index (χ2n) is 2.20. The van der Waals surface area contributed by atoms with Crippen LogP contribution in [0.3, 0.4) is 0 Å². The molecule has 0 aliphatic carbocycles.